The summed E-state index contributed by atoms with van der Waals surface area (Å²) >= 11 is 0. The average Bonchev–Trinajstić information content (AvgIpc) is 2.37. The third-order valence-corrected chi connectivity index (χ3v) is 3.43. The first-order valence-electron chi connectivity index (χ1n) is 6.62. The Hall–Kier alpha value is -1.80. The summed E-state index contributed by atoms with van der Waals surface area (Å²) in [6, 6.07) is 14.4. The number of benzene rings is 2. The quantitative estimate of drug-likeness (QED) is 0.872. The molecule has 0 amide bonds. The maximum atomic E-state index is 9.70. The molecule has 0 spiro atoms. The molecule has 2 N–H and O–H groups in total. The van der Waals surface area contributed by atoms with Gasteiger partial charge in [0.05, 0.1) is 12.6 Å². The molecule has 2 rings (SSSR count). The van der Waals surface area contributed by atoms with E-state index < -0.39 is 0 Å². The standard InChI is InChI=1S/C17H21NO/c1-12-6-4-9-15(10-12)18-16(11-19)17-13(2)7-5-8-14(17)3/h4-10,16,18-19H,11H2,1-3H3. The number of hydrogen-bond donors (Lipinski definition) is 2. The SMILES string of the molecule is Cc1cccc(NC(CO)c2c(C)cccc2C)c1. The molecule has 0 bridgehead atoms. The Morgan fingerprint density at radius 1 is 1.00 bits per heavy atom. The van der Waals surface area contributed by atoms with Crippen molar-refractivity contribution in [1.82, 2.24) is 0 Å². The molecule has 0 fully saturated rings. The first-order valence-corrected chi connectivity index (χ1v) is 6.62. The van der Waals surface area contributed by atoms with E-state index in [0.29, 0.717) is 0 Å². The Balaban J connectivity index is 2.30. The molecule has 2 nitrogen and oxygen atoms in total. The molecule has 0 heterocycles. The Morgan fingerprint density at radius 2 is 1.63 bits per heavy atom. The normalized spacial score (nSPS) is 12.2. The van der Waals surface area contributed by atoms with Crippen molar-refractivity contribution < 1.29 is 5.11 Å². The molecule has 0 aliphatic heterocycles. The van der Waals surface area contributed by atoms with Gasteiger partial charge in [0, 0.05) is 5.69 Å². The van der Waals surface area contributed by atoms with E-state index in [1.54, 1.807) is 0 Å². The van der Waals surface area contributed by atoms with E-state index in [2.05, 4.69) is 56.4 Å². The summed E-state index contributed by atoms with van der Waals surface area (Å²) in [4.78, 5) is 0. The van der Waals surface area contributed by atoms with Gasteiger partial charge in [0.1, 0.15) is 0 Å². The lowest BCUT2D eigenvalue weighted by molar-refractivity contribution is 0.275. The van der Waals surface area contributed by atoms with Gasteiger partial charge in [0.15, 0.2) is 0 Å². The monoisotopic (exact) mass is 255 g/mol. The van der Waals surface area contributed by atoms with Crippen molar-refractivity contribution in [1.29, 1.82) is 0 Å². The van der Waals surface area contributed by atoms with Crippen LogP contribution in [-0.2, 0) is 0 Å². The molecule has 1 unspecified atom stereocenters. The Bertz CT molecular complexity index is 543. The number of aliphatic hydroxyl groups is 1. The van der Waals surface area contributed by atoms with Gasteiger partial charge in [0.2, 0.25) is 0 Å². The zero-order chi connectivity index (χ0) is 13.8. The molecule has 2 heteroatoms. The van der Waals surface area contributed by atoms with Crippen LogP contribution >= 0.6 is 0 Å². The van der Waals surface area contributed by atoms with E-state index in [1.807, 2.05) is 12.1 Å². The van der Waals surface area contributed by atoms with Crippen LogP contribution in [-0.4, -0.2) is 11.7 Å². The van der Waals surface area contributed by atoms with Crippen LogP contribution in [0, 0.1) is 20.8 Å². The van der Waals surface area contributed by atoms with Crippen molar-refractivity contribution in [2.45, 2.75) is 26.8 Å². The first-order chi connectivity index (χ1) is 9.11. The van der Waals surface area contributed by atoms with Crippen LogP contribution in [0.25, 0.3) is 0 Å². The van der Waals surface area contributed by atoms with Crippen LogP contribution in [0.1, 0.15) is 28.3 Å². The van der Waals surface area contributed by atoms with Crippen LogP contribution in [0.5, 0.6) is 0 Å². The van der Waals surface area contributed by atoms with Gasteiger partial charge in [-0.2, -0.15) is 0 Å². The van der Waals surface area contributed by atoms with Gasteiger partial charge >= 0.3 is 0 Å². The average molecular weight is 255 g/mol. The van der Waals surface area contributed by atoms with Gasteiger partial charge < -0.3 is 10.4 Å². The highest BCUT2D eigenvalue weighted by molar-refractivity contribution is 5.49. The third kappa shape index (κ3) is 3.15. The van der Waals surface area contributed by atoms with E-state index in [0.717, 1.165) is 5.69 Å². The van der Waals surface area contributed by atoms with Crippen molar-refractivity contribution in [3.8, 4) is 0 Å². The first kappa shape index (κ1) is 13.6. The Morgan fingerprint density at radius 3 is 2.21 bits per heavy atom. The number of hydrogen-bond acceptors (Lipinski definition) is 2. The molecule has 1 atom stereocenters. The fourth-order valence-electron chi connectivity index (χ4n) is 2.52. The molecule has 2 aromatic carbocycles. The van der Waals surface area contributed by atoms with E-state index in [4.69, 9.17) is 0 Å². The van der Waals surface area contributed by atoms with Gasteiger partial charge in [-0.3, -0.25) is 0 Å². The summed E-state index contributed by atoms with van der Waals surface area (Å²) in [5, 5.41) is 13.1. The van der Waals surface area contributed by atoms with Crippen molar-refractivity contribution in [2.24, 2.45) is 0 Å². The topological polar surface area (TPSA) is 32.3 Å². The van der Waals surface area contributed by atoms with Crippen LogP contribution in [0.15, 0.2) is 42.5 Å². The predicted octanol–water partition coefficient (Wildman–Crippen LogP) is 3.76. The molecule has 100 valence electrons. The Labute approximate surface area is 115 Å². The van der Waals surface area contributed by atoms with Gasteiger partial charge in [-0.15, -0.1) is 0 Å². The summed E-state index contributed by atoms with van der Waals surface area (Å²) in [5.41, 5.74) is 5.86. The third-order valence-electron chi connectivity index (χ3n) is 3.43. The summed E-state index contributed by atoms with van der Waals surface area (Å²) < 4.78 is 0. The Kier molecular flexibility index (Phi) is 4.23. The lowest BCUT2D eigenvalue weighted by Gasteiger charge is -2.22. The van der Waals surface area contributed by atoms with Crippen molar-refractivity contribution in [2.75, 3.05) is 11.9 Å². The molecule has 0 aromatic heterocycles. The lowest BCUT2D eigenvalue weighted by atomic mass is 9.96. The summed E-state index contributed by atoms with van der Waals surface area (Å²) in [7, 11) is 0. The van der Waals surface area contributed by atoms with Gasteiger partial charge in [-0.1, -0.05) is 30.3 Å². The van der Waals surface area contributed by atoms with Crippen molar-refractivity contribution >= 4 is 5.69 Å². The molecule has 0 radical (unpaired) electrons. The van der Waals surface area contributed by atoms with Gasteiger partial charge in [0.25, 0.3) is 0 Å². The van der Waals surface area contributed by atoms with Crippen molar-refractivity contribution in [3.63, 3.8) is 0 Å². The van der Waals surface area contributed by atoms with E-state index in [-0.39, 0.29) is 12.6 Å². The maximum absolute atomic E-state index is 9.70. The summed E-state index contributed by atoms with van der Waals surface area (Å²) in [6.45, 7) is 6.32. The second-order valence-corrected chi connectivity index (χ2v) is 5.05. The lowest BCUT2D eigenvalue weighted by Crippen LogP contribution is -2.17. The highest BCUT2D eigenvalue weighted by Gasteiger charge is 2.14. The molecule has 0 saturated carbocycles. The fourth-order valence-corrected chi connectivity index (χ4v) is 2.52. The van der Waals surface area contributed by atoms with E-state index in [1.165, 1.54) is 22.3 Å². The van der Waals surface area contributed by atoms with Crippen LogP contribution in [0.2, 0.25) is 0 Å². The summed E-state index contributed by atoms with van der Waals surface area (Å²) in [6.07, 6.45) is 0. The smallest absolute Gasteiger partial charge is 0.0750 e. The molecule has 0 aliphatic rings. The second-order valence-electron chi connectivity index (χ2n) is 5.05. The molecule has 0 saturated heterocycles. The predicted molar refractivity (Wildman–Crippen MR) is 80.5 cm³/mol. The minimum absolute atomic E-state index is 0.0667. The number of aryl methyl sites for hydroxylation is 3. The number of nitrogens with one attached hydrogen (secondary N) is 1. The molecule has 2 aromatic rings. The minimum Gasteiger partial charge on any atom is -0.394 e. The highest BCUT2D eigenvalue weighted by Crippen LogP contribution is 2.25. The minimum atomic E-state index is -0.0667. The largest absolute Gasteiger partial charge is 0.394 e. The molecular weight excluding hydrogens is 234 g/mol. The fraction of sp³-hybridized carbons (Fsp3) is 0.294. The number of rotatable bonds is 4. The second kappa shape index (κ2) is 5.89. The highest BCUT2D eigenvalue weighted by atomic mass is 16.3. The van der Waals surface area contributed by atoms with Crippen LogP contribution < -0.4 is 5.32 Å². The van der Waals surface area contributed by atoms with Gasteiger partial charge in [-0.25, -0.2) is 0 Å². The number of aliphatic hydroxyl groups excluding tert-OH is 1. The number of anilines is 1. The molecule has 19 heavy (non-hydrogen) atoms. The van der Waals surface area contributed by atoms with Crippen LogP contribution in [0.4, 0.5) is 5.69 Å². The zero-order valence-electron chi connectivity index (χ0n) is 11.8. The van der Waals surface area contributed by atoms with Gasteiger partial charge in [-0.05, 0) is 55.2 Å². The van der Waals surface area contributed by atoms with E-state index in [9.17, 15) is 5.11 Å². The molecular formula is C17H21NO. The van der Waals surface area contributed by atoms with Crippen molar-refractivity contribution in [3.05, 3.63) is 64.7 Å². The zero-order valence-corrected chi connectivity index (χ0v) is 11.8. The van der Waals surface area contributed by atoms with Crippen LogP contribution in [0.3, 0.4) is 0 Å². The molecule has 0 aliphatic carbocycles. The summed E-state index contributed by atoms with van der Waals surface area (Å²) in [5.74, 6) is 0. The van der Waals surface area contributed by atoms with E-state index >= 15 is 0 Å². The maximum Gasteiger partial charge on any atom is 0.0750 e.